The molecule has 0 spiro atoms. The molecule has 1 aliphatic heterocycles. The zero-order valence-corrected chi connectivity index (χ0v) is 8.93. The average molecular weight is 200 g/mol. The minimum atomic E-state index is -0.163. The van der Waals surface area contributed by atoms with Crippen LogP contribution >= 0.6 is 11.8 Å². The van der Waals surface area contributed by atoms with Gasteiger partial charge >= 0.3 is 11.8 Å². The fourth-order valence-electron chi connectivity index (χ4n) is 1.33. The fourth-order valence-corrected chi connectivity index (χ4v) is 2.45. The third kappa shape index (κ3) is 2.18. The summed E-state index contributed by atoms with van der Waals surface area (Å²) in [4.78, 5) is 22.8. The Balaban J connectivity index is 2.74. The van der Waals surface area contributed by atoms with E-state index in [-0.39, 0.29) is 17.1 Å². The van der Waals surface area contributed by atoms with Crippen LogP contribution in [-0.2, 0) is 9.59 Å². The van der Waals surface area contributed by atoms with Crippen molar-refractivity contribution in [2.24, 2.45) is 0 Å². The van der Waals surface area contributed by atoms with Gasteiger partial charge in [-0.3, -0.25) is 0 Å². The van der Waals surface area contributed by atoms with E-state index in [1.807, 2.05) is 13.8 Å². The molecule has 0 radical (unpaired) electrons. The van der Waals surface area contributed by atoms with E-state index in [2.05, 4.69) is 0 Å². The second kappa shape index (κ2) is 4.05. The number of carbonyl (C=O) groups excluding carboxylic acids is 2. The molecule has 1 unspecified atom stereocenters. The Hall–Kier alpha value is -0.640. The maximum Gasteiger partial charge on any atom is 0.408 e. The molecular formula is C9H14NO2S+. The van der Waals surface area contributed by atoms with Gasteiger partial charge in [0.25, 0.3) is 0 Å². The monoisotopic (exact) mass is 200 g/mol. The van der Waals surface area contributed by atoms with Crippen LogP contribution in [0.3, 0.4) is 0 Å². The molecule has 0 aromatic rings. The van der Waals surface area contributed by atoms with Gasteiger partial charge < -0.3 is 0 Å². The third-order valence-corrected chi connectivity index (χ3v) is 3.08. The lowest BCUT2D eigenvalue weighted by Crippen LogP contribution is -2.22. The number of imide groups is 1. The van der Waals surface area contributed by atoms with Gasteiger partial charge in [-0.1, -0.05) is 13.8 Å². The lowest BCUT2D eigenvalue weighted by molar-refractivity contribution is -0.368. The topological polar surface area (TPSA) is 37.1 Å². The van der Waals surface area contributed by atoms with Gasteiger partial charge in [-0.15, -0.1) is 16.3 Å². The largest absolute Gasteiger partial charge is 0.408 e. The van der Waals surface area contributed by atoms with E-state index >= 15 is 0 Å². The second-order valence-electron chi connectivity index (χ2n) is 3.24. The Labute approximate surface area is 82.2 Å². The fraction of sp³-hybridized carbons (Fsp3) is 0.667. The summed E-state index contributed by atoms with van der Waals surface area (Å²) in [6, 6.07) is 0. The van der Waals surface area contributed by atoms with E-state index in [0.717, 1.165) is 0 Å². The summed E-state index contributed by atoms with van der Waals surface area (Å²) in [6.07, 6.45) is 1.90. The van der Waals surface area contributed by atoms with Crippen molar-refractivity contribution in [1.29, 1.82) is 0 Å². The molecule has 0 aliphatic carbocycles. The van der Waals surface area contributed by atoms with Crippen molar-refractivity contribution < 1.29 is 14.2 Å². The highest BCUT2D eigenvalue weighted by Gasteiger charge is 2.44. The molecule has 0 aromatic carbocycles. The summed E-state index contributed by atoms with van der Waals surface area (Å²) < 4.78 is 1.22. The molecule has 13 heavy (non-hydrogen) atoms. The van der Waals surface area contributed by atoms with Crippen LogP contribution in [0.15, 0.2) is 0 Å². The zero-order chi connectivity index (χ0) is 10.0. The summed E-state index contributed by atoms with van der Waals surface area (Å²) in [5, 5.41) is 0.224. The zero-order valence-electron chi connectivity index (χ0n) is 8.11. The Bertz CT molecular complexity index is 271. The van der Waals surface area contributed by atoms with Gasteiger partial charge in [0.05, 0.1) is 0 Å². The summed E-state index contributed by atoms with van der Waals surface area (Å²) in [7, 11) is 0. The SMILES string of the molecule is CC=[N+]1C(=O)CC(SC(C)C)C1=O. The number of carbonyl (C=O) groups is 2. The molecule has 1 saturated heterocycles. The lowest BCUT2D eigenvalue weighted by atomic mass is 10.4. The van der Waals surface area contributed by atoms with Crippen molar-refractivity contribution in [2.75, 3.05) is 0 Å². The molecule has 0 N–H and O–H groups in total. The molecule has 1 heterocycles. The molecule has 1 atom stereocenters. The van der Waals surface area contributed by atoms with E-state index in [1.165, 1.54) is 4.58 Å². The molecule has 4 heteroatoms. The number of nitrogens with zero attached hydrogens (tertiary/aromatic N) is 1. The average Bonchev–Trinajstić information content (AvgIpc) is 2.26. The molecule has 72 valence electrons. The van der Waals surface area contributed by atoms with Crippen LogP contribution in [0.2, 0.25) is 0 Å². The first-order valence-electron chi connectivity index (χ1n) is 4.37. The van der Waals surface area contributed by atoms with Crippen LogP contribution in [0.4, 0.5) is 0 Å². The molecule has 1 aliphatic rings. The molecule has 0 bridgehead atoms. The van der Waals surface area contributed by atoms with E-state index in [9.17, 15) is 9.59 Å². The Morgan fingerprint density at radius 1 is 1.54 bits per heavy atom. The Kier molecular flexibility index (Phi) is 3.25. The molecule has 3 nitrogen and oxygen atoms in total. The summed E-state index contributed by atoms with van der Waals surface area (Å²) in [5.41, 5.74) is 0. The van der Waals surface area contributed by atoms with E-state index in [4.69, 9.17) is 0 Å². The van der Waals surface area contributed by atoms with Gasteiger partial charge in [0.2, 0.25) is 0 Å². The van der Waals surface area contributed by atoms with Gasteiger partial charge in [-0.25, -0.2) is 9.59 Å². The van der Waals surface area contributed by atoms with Crippen molar-refractivity contribution in [3.05, 3.63) is 0 Å². The first-order valence-corrected chi connectivity index (χ1v) is 5.31. The van der Waals surface area contributed by atoms with Gasteiger partial charge in [0, 0.05) is 12.2 Å². The smallest absolute Gasteiger partial charge is 0.219 e. The van der Waals surface area contributed by atoms with E-state index in [1.54, 1.807) is 24.9 Å². The van der Waals surface area contributed by atoms with Crippen molar-refractivity contribution >= 4 is 29.8 Å². The molecule has 0 saturated carbocycles. The maximum atomic E-state index is 11.5. The first kappa shape index (κ1) is 10.4. The second-order valence-corrected chi connectivity index (χ2v) is 5.02. The number of amides is 2. The lowest BCUT2D eigenvalue weighted by Gasteiger charge is -2.04. The number of thioether (sulfide) groups is 1. The highest BCUT2D eigenvalue weighted by molar-refractivity contribution is 8.01. The van der Waals surface area contributed by atoms with Crippen LogP contribution in [0.25, 0.3) is 0 Å². The highest BCUT2D eigenvalue weighted by atomic mass is 32.2. The quantitative estimate of drug-likeness (QED) is 0.494. The van der Waals surface area contributed by atoms with Gasteiger partial charge in [0.1, 0.15) is 11.7 Å². The van der Waals surface area contributed by atoms with Crippen LogP contribution < -0.4 is 0 Å². The molecule has 2 amide bonds. The minimum absolute atomic E-state index is 0.0637. The minimum Gasteiger partial charge on any atom is -0.219 e. The Morgan fingerprint density at radius 2 is 2.15 bits per heavy atom. The maximum absolute atomic E-state index is 11.5. The van der Waals surface area contributed by atoms with Crippen LogP contribution in [0.1, 0.15) is 27.2 Å². The van der Waals surface area contributed by atoms with E-state index in [0.29, 0.717) is 11.7 Å². The predicted molar refractivity (Wildman–Crippen MR) is 53.1 cm³/mol. The van der Waals surface area contributed by atoms with Crippen LogP contribution in [0, 0.1) is 0 Å². The van der Waals surface area contributed by atoms with Crippen molar-refractivity contribution in [3.8, 4) is 0 Å². The van der Waals surface area contributed by atoms with Crippen LogP contribution in [-0.4, -0.2) is 33.1 Å². The van der Waals surface area contributed by atoms with Crippen molar-refractivity contribution in [2.45, 2.75) is 37.7 Å². The summed E-state index contributed by atoms with van der Waals surface area (Å²) >= 11 is 1.56. The summed E-state index contributed by atoms with van der Waals surface area (Å²) in [5.74, 6) is -0.142. The summed E-state index contributed by atoms with van der Waals surface area (Å²) in [6.45, 7) is 5.76. The number of hydrogen-bond acceptors (Lipinski definition) is 3. The predicted octanol–water partition coefficient (Wildman–Crippen LogP) is 1.06. The number of rotatable bonds is 2. The van der Waals surface area contributed by atoms with Crippen molar-refractivity contribution in [1.82, 2.24) is 0 Å². The Morgan fingerprint density at radius 3 is 2.54 bits per heavy atom. The highest BCUT2D eigenvalue weighted by Crippen LogP contribution is 2.25. The van der Waals surface area contributed by atoms with Gasteiger partial charge in [-0.2, -0.15) is 0 Å². The van der Waals surface area contributed by atoms with Gasteiger partial charge in [-0.05, 0) is 0 Å². The molecule has 0 aromatic heterocycles. The van der Waals surface area contributed by atoms with E-state index < -0.39 is 0 Å². The van der Waals surface area contributed by atoms with Crippen LogP contribution in [0.5, 0.6) is 0 Å². The molecule has 1 rings (SSSR count). The molecule has 1 fully saturated rings. The van der Waals surface area contributed by atoms with Crippen molar-refractivity contribution in [3.63, 3.8) is 0 Å². The molecular weight excluding hydrogens is 186 g/mol. The van der Waals surface area contributed by atoms with Gasteiger partial charge in [0.15, 0.2) is 6.21 Å². The standard InChI is InChI=1S/C9H14NO2S/c1-4-10-8(11)5-7(9(10)12)13-6(2)3/h4,6-7H,5H2,1-3H3/q+1. The number of hydrogen-bond donors (Lipinski definition) is 0. The third-order valence-electron chi connectivity index (χ3n) is 1.84. The normalized spacial score (nSPS) is 26.5. The first-order chi connectivity index (χ1) is 6.06.